The molecule has 0 radical (unpaired) electrons. The molecule has 2 unspecified atom stereocenters. The van der Waals surface area contributed by atoms with E-state index in [1.807, 2.05) is 11.8 Å². The van der Waals surface area contributed by atoms with Gasteiger partial charge in [0.15, 0.2) is 0 Å². The van der Waals surface area contributed by atoms with Gasteiger partial charge in [0.05, 0.1) is 5.56 Å². The molecule has 1 aromatic carbocycles. The third kappa shape index (κ3) is 3.88. The number of hydrogen-bond acceptors (Lipinski definition) is 2. The average molecular weight is 307 g/mol. The summed E-state index contributed by atoms with van der Waals surface area (Å²) >= 11 is 1.83. The Labute approximate surface area is 120 Å². The van der Waals surface area contributed by atoms with E-state index < -0.39 is 17.6 Å². The van der Waals surface area contributed by atoms with Crippen LogP contribution in [0, 0.1) is 5.82 Å². The summed E-state index contributed by atoms with van der Waals surface area (Å²) in [7, 11) is 0. The largest absolute Gasteiger partial charge is 0.419 e. The zero-order valence-corrected chi connectivity index (χ0v) is 12.0. The van der Waals surface area contributed by atoms with E-state index in [1.165, 1.54) is 6.07 Å². The summed E-state index contributed by atoms with van der Waals surface area (Å²) in [5.74, 6) is -1.22. The van der Waals surface area contributed by atoms with Crippen molar-refractivity contribution in [2.75, 3.05) is 6.26 Å². The Morgan fingerprint density at radius 2 is 2.05 bits per heavy atom. The van der Waals surface area contributed by atoms with Crippen LogP contribution in [0.3, 0.4) is 0 Å². The van der Waals surface area contributed by atoms with Gasteiger partial charge in [-0.05, 0) is 43.2 Å². The smallest absolute Gasteiger partial charge is 0.310 e. The molecule has 2 rings (SSSR count). The molecule has 2 atom stereocenters. The Morgan fingerprint density at radius 1 is 1.30 bits per heavy atom. The highest BCUT2D eigenvalue weighted by Crippen LogP contribution is 2.32. The molecule has 1 fully saturated rings. The fourth-order valence-electron chi connectivity index (χ4n) is 2.50. The van der Waals surface area contributed by atoms with Crippen LogP contribution in [0.15, 0.2) is 18.2 Å². The third-order valence-corrected chi connectivity index (χ3v) is 4.74. The molecule has 0 aromatic heterocycles. The van der Waals surface area contributed by atoms with E-state index in [4.69, 9.17) is 0 Å². The Balaban J connectivity index is 1.97. The molecule has 6 heteroatoms. The first-order valence-corrected chi connectivity index (χ1v) is 7.80. The van der Waals surface area contributed by atoms with Crippen molar-refractivity contribution >= 4 is 11.8 Å². The van der Waals surface area contributed by atoms with Gasteiger partial charge in [0.2, 0.25) is 0 Å². The average Bonchev–Trinajstić information content (AvgIpc) is 2.84. The number of hydrogen-bond donors (Lipinski definition) is 1. The van der Waals surface area contributed by atoms with E-state index in [1.54, 1.807) is 0 Å². The van der Waals surface area contributed by atoms with Crippen LogP contribution in [0.2, 0.25) is 0 Å². The molecular formula is C14H17F4NS. The second kappa shape index (κ2) is 6.35. The van der Waals surface area contributed by atoms with Crippen LogP contribution in [0.5, 0.6) is 0 Å². The standard InChI is InChI=1S/C14H17F4NS/c1-20-11-4-3-10(7-11)19-8-9-2-5-13(15)12(6-9)14(16,17)18/h2,5-6,10-11,19H,3-4,7-8H2,1H3. The molecule has 0 saturated heterocycles. The highest BCUT2D eigenvalue weighted by Gasteiger charge is 2.34. The SMILES string of the molecule is CSC1CCC(NCc2ccc(F)c(C(F)(F)F)c2)C1. The fourth-order valence-corrected chi connectivity index (χ4v) is 3.30. The number of alkyl halides is 3. The second-order valence-electron chi connectivity index (χ2n) is 5.06. The number of benzene rings is 1. The summed E-state index contributed by atoms with van der Waals surface area (Å²) in [6.45, 7) is 0.342. The first kappa shape index (κ1) is 15.6. The predicted molar refractivity (Wildman–Crippen MR) is 73.2 cm³/mol. The minimum atomic E-state index is -4.64. The van der Waals surface area contributed by atoms with Crippen molar-refractivity contribution in [2.45, 2.75) is 43.3 Å². The van der Waals surface area contributed by atoms with Crippen LogP contribution in [-0.4, -0.2) is 17.5 Å². The molecule has 0 amide bonds. The lowest BCUT2D eigenvalue weighted by atomic mass is 10.1. The normalized spacial score (nSPS) is 23.2. The molecule has 1 aliphatic rings. The van der Waals surface area contributed by atoms with E-state index in [2.05, 4.69) is 11.6 Å². The molecular weight excluding hydrogens is 290 g/mol. The van der Waals surface area contributed by atoms with Crippen molar-refractivity contribution in [2.24, 2.45) is 0 Å². The van der Waals surface area contributed by atoms with Crippen LogP contribution in [0.25, 0.3) is 0 Å². The van der Waals surface area contributed by atoms with Gasteiger partial charge in [-0.3, -0.25) is 0 Å². The second-order valence-corrected chi connectivity index (χ2v) is 6.20. The van der Waals surface area contributed by atoms with Crippen LogP contribution in [0.4, 0.5) is 17.6 Å². The molecule has 1 nitrogen and oxygen atoms in total. The van der Waals surface area contributed by atoms with Crippen molar-refractivity contribution in [3.8, 4) is 0 Å². The summed E-state index contributed by atoms with van der Waals surface area (Å²) in [6, 6.07) is 3.52. The summed E-state index contributed by atoms with van der Waals surface area (Å²) in [5.41, 5.74) is -0.725. The highest BCUT2D eigenvalue weighted by molar-refractivity contribution is 7.99. The third-order valence-electron chi connectivity index (χ3n) is 3.65. The molecule has 20 heavy (non-hydrogen) atoms. The van der Waals surface area contributed by atoms with Crippen molar-refractivity contribution in [1.29, 1.82) is 0 Å². The van der Waals surface area contributed by atoms with Gasteiger partial charge in [-0.25, -0.2) is 4.39 Å². The van der Waals surface area contributed by atoms with Crippen molar-refractivity contribution < 1.29 is 17.6 Å². The van der Waals surface area contributed by atoms with E-state index in [-0.39, 0.29) is 0 Å². The van der Waals surface area contributed by atoms with E-state index in [9.17, 15) is 17.6 Å². The lowest BCUT2D eigenvalue weighted by Gasteiger charge is -2.14. The van der Waals surface area contributed by atoms with E-state index >= 15 is 0 Å². The van der Waals surface area contributed by atoms with Gasteiger partial charge in [0.25, 0.3) is 0 Å². The molecule has 1 aromatic rings. The lowest BCUT2D eigenvalue weighted by molar-refractivity contribution is -0.140. The maximum absolute atomic E-state index is 13.2. The summed E-state index contributed by atoms with van der Waals surface area (Å²) < 4.78 is 51.0. The maximum atomic E-state index is 13.2. The number of halogens is 4. The van der Waals surface area contributed by atoms with Gasteiger partial charge in [-0.1, -0.05) is 6.07 Å². The predicted octanol–water partition coefficient (Wildman–Crippen LogP) is 4.22. The molecule has 1 saturated carbocycles. The highest BCUT2D eigenvalue weighted by atomic mass is 32.2. The monoisotopic (exact) mass is 307 g/mol. The first-order valence-electron chi connectivity index (χ1n) is 6.52. The Morgan fingerprint density at radius 3 is 2.65 bits per heavy atom. The van der Waals surface area contributed by atoms with Gasteiger partial charge < -0.3 is 5.32 Å². The van der Waals surface area contributed by atoms with Gasteiger partial charge in [-0.15, -0.1) is 0 Å². The van der Waals surface area contributed by atoms with Crippen LogP contribution in [0.1, 0.15) is 30.4 Å². The molecule has 0 bridgehead atoms. The van der Waals surface area contributed by atoms with E-state index in [0.717, 1.165) is 31.4 Å². The Bertz CT molecular complexity index is 461. The van der Waals surface area contributed by atoms with Gasteiger partial charge in [-0.2, -0.15) is 24.9 Å². The molecule has 0 heterocycles. The molecule has 112 valence electrons. The fraction of sp³-hybridized carbons (Fsp3) is 0.571. The van der Waals surface area contributed by atoms with Gasteiger partial charge in [0, 0.05) is 17.8 Å². The summed E-state index contributed by atoms with van der Waals surface area (Å²) in [6.07, 6.45) is 0.642. The number of nitrogens with one attached hydrogen (secondary N) is 1. The van der Waals surface area contributed by atoms with Crippen molar-refractivity contribution in [3.05, 3.63) is 35.1 Å². The lowest BCUT2D eigenvalue weighted by Crippen LogP contribution is -2.26. The van der Waals surface area contributed by atoms with Crippen LogP contribution >= 0.6 is 11.8 Å². The Kier molecular flexibility index (Phi) is 4.96. The number of thioether (sulfide) groups is 1. The molecule has 1 aliphatic carbocycles. The van der Waals surface area contributed by atoms with Gasteiger partial charge >= 0.3 is 6.18 Å². The molecule has 0 spiro atoms. The number of rotatable bonds is 4. The van der Waals surface area contributed by atoms with Crippen molar-refractivity contribution in [3.63, 3.8) is 0 Å². The topological polar surface area (TPSA) is 12.0 Å². The zero-order valence-electron chi connectivity index (χ0n) is 11.1. The molecule has 0 aliphatic heterocycles. The van der Waals surface area contributed by atoms with Gasteiger partial charge in [0.1, 0.15) is 5.82 Å². The van der Waals surface area contributed by atoms with Crippen LogP contribution in [-0.2, 0) is 12.7 Å². The van der Waals surface area contributed by atoms with Crippen LogP contribution < -0.4 is 5.32 Å². The van der Waals surface area contributed by atoms with E-state index in [0.29, 0.717) is 23.4 Å². The van der Waals surface area contributed by atoms with Crippen molar-refractivity contribution in [1.82, 2.24) is 5.32 Å². The maximum Gasteiger partial charge on any atom is 0.419 e. The minimum absolute atomic E-state index is 0.340. The quantitative estimate of drug-likeness (QED) is 0.836. The Hall–Kier alpha value is -0.750. The molecule has 1 N–H and O–H groups in total. The summed E-state index contributed by atoms with van der Waals surface area (Å²) in [5, 5.41) is 3.89. The minimum Gasteiger partial charge on any atom is -0.310 e. The first-order chi connectivity index (χ1) is 9.40. The summed E-state index contributed by atoms with van der Waals surface area (Å²) in [4.78, 5) is 0. The zero-order chi connectivity index (χ0) is 14.8.